The van der Waals surface area contributed by atoms with Gasteiger partial charge < -0.3 is 15.5 Å². The molecule has 2 heterocycles. The van der Waals surface area contributed by atoms with Gasteiger partial charge in [0.05, 0.1) is 28.6 Å². The highest BCUT2D eigenvalue weighted by Gasteiger charge is 2.31. The number of H-pyrrole nitrogens is 1. The first-order valence-corrected chi connectivity index (χ1v) is 10.8. The van der Waals surface area contributed by atoms with E-state index in [2.05, 4.69) is 9.97 Å². The predicted octanol–water partition coefficient (Wildman–Crippen LogP) is 2.24. The molecule has 1 aliphatic heterocycles. The lowest BCUT2D eigenvalue weighted by atomic mass is 9.97. The third-order valence-corrected chi connectivity index (χ3v) is 7.22. The van der Waals surface area contributed by atoms with Crippen LogP contribution in [0.5, 0.6) is 5.75 Å². The lowest BCUT2D eigenvalue weighted by Crippen LogP contribution is -2.38. The van der Waals surface area contributed by atoms with Crippen LogP contribution in [0, 0.1) is 0 Å². The summed E-state index contributed by atoms with van der Waals surface area (Å²) in [5, 5.41) is 0. The summed E-state index contributed by atoms with van der Waals surface area (Å²) in [6.45, 7) is 0.754. The average Bonchev–Trinajstić information content (AvgIpc) is 3.17. The number of fused-ring (bicyclic) bond motifs is 1. The standard InChI is InChI=1S/C20H22N4O4S/c1-28-18-7-6-14(12-15(18)19(21)25)29(26,27)24-10-8-13(9-11-24)20-22-16-4-2-3-5-17(16)23-20/h2-7,12-13H,8-11H2,1H3,(H2,21,25)(H,22,23). The first-order valence-electron chi connectivity index (χ1n) is 9.33. The fourth-order valence-electron chi connectivity index (χ4n) is 3.72. The van der Waals surface area contributed by atoms with E-state index in [1.165, 1.54) is 29.6 Å². The molecule has 1 fully saturated rings. The van der Waals surface area contributed by atoms with Crippen molar-refractivity contribution in [3.63, 3.8) is 0 Å². The molecule has 1 aliphatic rings. The molecule has 0 radical (unpaired) electrons. The van der Waals surface area contributed by atoms with Gasteiger partial charge >= 0.3 is 0 Å². The Balaban J connectivity index is 1.53. The molecule has 3 N–H and O–H groups in total. The predicted molar refractivity (Wildman–Crippen MR) is 108 cm³/mol. The van der Waals surface area contributed by atoms with Crippen LogP contribution < -0.4 is 10.5 Å². The fraction of sp³-hybridized carbons (Fsp3) is 0.300. The minimum atomic E-state index is -3.73. The van der Waals surface area contributed by atoms with Gasteiger partial charge in [0.1, 0.15) is 11.6 Å². The SMILES string of the molecule is COc1ccc(S(=O)(=O)N2CCC(c3nc4ccccc4[nH]3)CC2)cc1C(N)=O. The Morgan fingerprint density at radius 3 is 2.59 bits per heavy atom. The second-order valence-electron chi connectivity index (χ2n) is 7.04. The van der Waals surface area contributed by atoms with Crippen LogP contribution >= 0.6 is 0 Å². The van der Waals surface area contributed by atoms with Crippen molar-refractivity contribution in [2.75, 3.05) is 20.2 Å². The number of nitrogens with zero attached hydrogens (tertiary/aromatic N) is 2. The lowest BCUT2D eigenvalue weighted by molar-refractivity contribution is 0.0997. The Kier molecular flexibility index (Phi) is 5.01. The number of imidazole rings is 1. The molecule has 0 bridgehead atoms. The molecule has 152 valence electrons. The monoisotopic (exact) mass is 414 g/mol. The Hall–Kier alpha value is -2.91. The van der Waals surface area contributed by atoms with Crippen molar-refractivity contribution in [3.8, 4) is 5.75 Å². The molecule has 9 heteroatoms. The summed E-state index contributed by atoms with van der Waals surface area (Å²) < 4.78 is 32.6. The Bertz CT molecular complexity index is 1130. The van der Waals surface area contributed by atoms with E-state index in [0.29, 0.717) is 25.9 Å². The van der Waals surface area contributed by atoms with Crippen molar-refractivity contribution < 1.29 is 17.9 Å². The molecular formula is C20H22N4O4S. The quantitative estimate of drug-likeness (QED) is 0.664. The normalized spacial score (nSPS) is 16.2. The first kappa shape index (κ1) is 19.4. The second kappa shape index (κ2) is 7.49. The number of benzene rings is 2. The number of piperidine rings is 1. The number of rotatable bonds is 5. The van der Waals surface area contributed by atoms with Crippen molar-refractivity contribution >= 4 is 27.0 Å². The van der Waals surface area contributed by atoms with E-state index in [1.54, 1.807) is 0 Å². The first-order chi connectivity index (χ1) is 13.9. The molecular weight excluding hydrogens is 392 g/mol. The average molecular weight is 414 g/mol. The zero-order valence-electron chi connectivity index (χ0n) is 16.0. The smallest absolute Gasteiger partial charge is 0.252 e. The summed E-state index contributed by atoms with van der Waals surface area (Å²) in [4.78, 5) is 19.7. The van der Waals surface area contributed by atoms with Gasteiger partial charge in [-0.25, -0.2) is 13.4 Å². The minimum absolute atomic E-state index is 0.0364. The van der Waals surface area contributed by atoms with Gasteiger partial charge in [-0.15, -0.1) is 0 Å². The van der Waals surface area contributed by atoms with Gasteiger partial charge in [-0.1, -0.05) is 12.1 Å². The number of ether oxygens (including phenoxy) is 1. The molecule has 3 aromatic rings. The zero-order valence-corrected chi connectivity index (χ0v) is 16.8. The molecule has 1 aromatic heterocycles. The van der Waals surface area contributed by atoms with Gasteiger partial charge in [-0.3, -0.25) is 4.79 Å². The van der Waals surface area contributed by atoms with Crippen molar-refractivity contribution in [2.45, 2.75) is 23.7 Å². The largest absolute Gasteiger partial charge is 0.496 e. The number of hydrogen-bond donors (Lipinski definition) is 2. The van der Waals surface area contributed by atoms with Crippen LogP contribution in [0.15, 0.2) is 47.4 Å². The van der Waals surface area contributed by atoms with Crippen LogP contribution in [0.3, 0.4) is 0 Å². The summed E-state index contributed by atoms with van der Waals surface area (Å²) >= 11 is 0. The van der Waals surface area contributed by atoms with Gasteiger partial charge in [0.2, 0.25) is 10.0 Å². The number of sulfonamides is 1. The number of primary amides is 1. The molecule has 2 aromatic carbocycles. The Morgan fingerprint density at radius 1 is 1.21 bits per heavy atom. The van der Waals surface area contributed by atoms with Crippen molar-refractivity contribution in [1.82, 2.24) is 14.3 Å². The lowest BCUT2D eigenvalue weighted by Gasteiger charge is -2.30. The van der Waals surface area contributed by atoms with E-state index in [9.17, 15) is 13.2 Å². The summed E-state index contributed by atoms with van der Waals surface area (Å²) in [5.74, 6) is 0.581. The minimum Gasteiger partial charge on any atom is -0.496 e. The highest BCUT2D eigenvalue weighted by atomic mass is 32.2. The number of amides is 1. The highest BCUT2D eigenvalue weighted by molar-refractivity contribution is 7.89. The molecule has 0 spiro atoms. The van der Waals surface area contributed by atoms with Crippen molar-refractivity contribution in [3.05, 3.63) is 53.9 Å². The van der Waals surface area contributed by atoms with E-state index in [4.69, 9.17) is 10.5 Å². The number of aromatic amines is 1. The maximum Gasteiger partial charge on any atom is 0.252 e. The number of para-hydroxylation sites is 2. The van der Waals surface area contributed by atoms with Gasteiger partial charge in [-0.2, -0.15) is 4.31 Å². The number of aromatic nitrogens is 2. The van der Waals surface area contributed by atoms with Crippen molar-refractivity contribution in [2.24, 2.45) is 5.73 Å². The molecule has 4 rings (SSSR count). The molecule has 8 nitrogen and oxygen atoms in total. The summed E-state index contributed by atoms with van der Waals surface area (Å²) in [7, 11) is -2.33. The summed E-state index contributed by atoms with van der Waals surface area (Å²) in [5.41, 5.74) is 7.30. The molecule has 0 aliphatic carbocycles. The zero-order chi connectivity index (χ0) is 20.6. The van der Waals surface area contributed by atoms with E-state index in [-0.39, 0.29) is 22.1 Å². The third-order valence-electron chi connectivity index (χ3n) is 5.32. The van der Waals surface area contributed by atoms with Crippen LogP contribution in [-0.2, 0) is 10.0 Å². The number of carbonyl (C=O) groups excluding carboxylic acids is 1. The third kappa shape index (κ3) is 3.58. The molecule has 0 saturated carbocycles. The van der Waals surface area contributed by atoms with Crippen molar-refractivity contribution in [1.29, 1.82) is 0 Å². The molecule has 0 atom stereocenters. The summed E-state index contributed by atoms with van der Waals surface area (Å²) in [6.07, 6.45) is 1.33. The van der Waals surface area contributed by atoms with Gasteiger partial charge in [0, 0.05) is 19.0 Å². The maximum absolute atomic E-state index is 13.1. The highest BCUT2D eigenvalue weighted by Crippen LogP contribution is 2.31. The van der Waals surface area contributed by atoms with E-state index in [0.717, 1.165) is 16.9 Å². The topological polar surface area (TPSA) is 118 Å². The molecule has 29 heavy (non-hydrogen) atoms. The van der Waals surface area contributed by atoms with E-state index in [1.807, 2.05) is 24.3 Å². The number of nitrogens with two attached hydrogens (primary N) is 1. The van der Waals surface area contributed by atoms with Gasteiger partial charge in [-0.05, 0) is 43.2 Å². The van der Waals surface area contributed by atoms with Crippen LogP contribution in [0.1, 0.15) is 34.9 Å². The van der Waals surface area contributed by atoms with Crippen LogP contribution in [0.25, 0.3) is 11.0 Å². The number of hydrogen-bond acceptors (Lipinski definition) is 5. The van der Waals surface area contributed by atoms with Gasteiger partial charge in [0.25, 0.3) is 5.91 Å². The molecule has 1 amide bonds. The maximum atomic E-state index is 13.1. The summed E-state index contributed by atoms with van der Waals surface area (Å²) in [6, 6.07) is 12.0. The second-order valence-corrected chi connectivity index (χ2v) is 8.98. The van der Waals surface area contributed by atoms with Crippen LogP contribution in [0.2, 0.25) is 0 Å². The van der Waals surface area contributed by atoms with Crippen LogP contribution in [0.4, 0.5) is 0 Å². The number of methoxy groups -OCH3 is 1. The van der Waals surface area contributed by atoms with Gasteiger partial charge in [0.15, 0.2) is 0 Å². The number of carbonyl (C=O) groups is 1. The van der Waals surface area contributed by atoms with Crippen LogP contribution in [-0.4, -0.2) is 48.8 Å². The van der Waals surface area contributed by atoms with E-state index < -0.39 is 15.9 Å². The van der Waals surface area contributed by atoms with E-state index >= 15 is 0 Å². The number of nitrogens with one attached hydrogen (secondary N) is 1. The molecule has 0 unspecified atom stereocenters. The Labute approximate surface area is 168 Å². The Morgan fingerprint density at radius 2 is 1.93 bits per heavy atom. The fourth-order valence-corrected chi connectivity index (χ4v) is 5.22. The molecule has 1 saturated heterocycles.